The molecule has 2 aliphatic rings. The van der Waals surface area contributed by atoms with Crippen LogP contribution in [-0.2, 0) is 6.54 Å². The van der Waals surface area contributed by atoms with E-state index in [-0.39, 0.29) is 11.9 Å². The second kappa shape index (κ2) is 6.55. The Labute approximate surface area is 146 Å². The first kappa shape index (κ1) is 15.6. The van der Waals surface area contributed by atoms with Crippen LogP contribution in [0.2, 0.25) is 0 Å². The average Bonchev–Trinajstić information content (AvgIpc) is 3.41. The molecule has 1 saturated carbocycles. The van der Waals surface area contributed by atoms with Gasteiger partial charge in [0.2, 0.25) is 0 Å². The number of carbonyl (C=O) groups excluding carboxylic acids is 2. The van der Waals surface area contributed by atoms with Crippen molar-refractivity contribution < 1.29 is 9.59 Å². The fraction of sp³-hybridized carbons (Fsp3) is 0.316. The third-order valence-electron chi connectivity index (χ3n) is 4.59. The standard InChI is InChI=1S/C19H20N4O2/c24-18(23(17-8-9-17)13-15-3-1-2-10-20-15)14-4-6-16(7-5-14)22-12-11-21-19(22)25/h1-7,10,17H,8-9,11-13H2,(H,21,25). The van der Waals surface area contributed by atoms with Gasteiger partial charge in [-0.1, -0.05) is 6.07 Å². The molecule has 0 radical (unpaired) electrons. The first-order chi connectivity index (χ1) is 12.2. The van der Waals surface area contributed by atoms with Crippen LogP contribution in [0.15, 0.2) is 48.7 Å². The number of rotatable bonds is 5. The van der Waals surface area contributed by atoms with Gasteiger partial charge >= 0.3 is 6.03 Å². The summed E-state index contributed by atoms with van der Waals surface area (Å²) in [6, 6.07) is 13.3. The number of hydrogen-bond acceptors (Lipinski definition) is 3. The van der Waals surface area contributed by atoms with E-state index in [1.165, 1.54) is 0 Å². The summed E-state index contributed by atoms with van der Waals surface area (Å²) in [6.07, 6.45) is 3.84. The molecule has 3 amide bonds. The number of anilines is 1. The molecular formula is C19H20N4O2. The third kappa shape index (κ3) is 3.33. The van der Waals surface area contributed by atoms with Crippen LogP contribution in [0.5, 0.6) is 0 Å². The second-order valence-corrected chi connectivity index (χ2v) is 6.42. The lowest BCUT2D eigenvalue weighted by Crippen LogP contribution is -2.33. The predicted molar refractivity (Wildman–Crippen MR) is 94.3 cm³/mol. The van der Waals surface area contributed by atoms with Crippen LogP contribution in [0.3, 0.4) is 0 Å². The maximum Gasteiger partial charge on any atom is 0.321 e. The molecule has 2 heterocycles. The molecule has 0 unspecified atom stereocenters. The van der Waals surface area contributed by atoms with Gasteiger partial charge in [-0.05, 0) is 49.2 Å². The van der Waals surface area contributed by atoms with Crippen LogP contribution in [0.4, 0.5) is 10.5 Å². The molecule has 4 rings (SSSR count). The minimum atomic E-state index is -0.0890. The molecule has 25 heavy (non-hydrogen) atoms. The molecular weight excluding hydrogens is 316 g/mol. The number of carbonyl (C=O) groups is 2. The Morgan fingerprint density at radius 1 is 1.20 bits per heavy atom. The number of nitrogens with zero attached hydrogens (tertiary/aromatic N) is 3. The van der Waals surface area contributed by atoms with E-state index in [0.29, 0.717) is 31.2 Å². The SMILES string of the molecule is O=C1NCCN1c1ccc(C(=O)N(Cc2ccccn2)C2CC2)cc1. The Morgan fingerprint density at radius 2 is 2.00 bits per heavy atom. The highest BCUT2D eigenvalue weighted by Gasteiger charge is 2.33. The summed E-state index contributed by atoms with van der Waals surface area (Å²) in [7, 11) is 0. The van der Waals surface area contributed by atoms with Crippen molar-refractivity contribution in [2.24, 2.45) is 0 Å². The smallest absolute Gasteiger partial charge is 0.321 e. The lowest BCUT2D eigenvalue weighted by Gasteiger charge is -2.22. The molecule has 0 bridgehead atoms. The van der Waals surface area contributed by atoms with Crippen molar-refractivity contribution in [1.29, 1.82) is 0 Å². The predicted octanol–water partition coefficient (Wildman–Crippen LogP) is 2.42. The first-order valence-corrected chi connectivity index (χ1v) is 8.59. The molecule has 1 aliphatic heterocycles. The Bertz CT molecular complexity index is 772. The number of hydrogen-bond donors (Lipinski definition) is 1. The summed E-state index contributed by atoms with van der Waals surface area (Å²) >= 11 is 0. The number of pyridine rings is 1. The quantitative estimate of drug-likeness (QED) is 0.912. The molecule has 1 aromatic carbocycles. The zero-order chi connectivity index (χ0) is 17.2. The van der Waals surface area contributed by atoms with Gasteiger partial charge in [-0.25, -0.2) is 4.79 Å². The van der Waals surface area contributed by atoms with E-state index in [4.69, 9.17) is 0 Å². The molecule has 128 valence electrons. The van der Waals surface area contributed by atoms with E-state index in [1.54, 1.807) is 23.2 Å². The third-order valence-corrected chi connectivity index (χ3v) is 4.59. The zero-order valence-corrected chi connectivity index (χ0v) is 13.9. The fourth-order valence-corrected chi connectivity index (χ4v) is 3.09. The van der Waals surface area contributed by atoms with Crippen LogP contribution < -0.4 is 10.2 Å². The number of benzene rings is 1. The van der Waals surface area contributed by atoms with Gasteiger partial charge in [0.1, 0.15) is 0 Å². The van der Waals surface area contributed by atoms with Gasteiger partial charge < -0.3 is 10.2 Å². The molecule has 0 atom stereocenters. The number of urea groups is 1. The summed E-state index contributed by atoms with van der Waals surface area (Å²) < 4.78 is 0. The van der Waals surface area contributed by atoms with Gasteiger partial charge in [0.05, 0.1) is 12.2 Å². The molecule has 2 aromatic rings. The van der Waals surface area contributed by atoms with Gasteiger partial charge in [-0.15, -0.1) is 0 Å². The van der Waals surface area contributed by atoms with Crippen LogP contribution in [0, 0.1) is 0 Å². The fourth-order valence-electron chi connectivity index (χ4n) is 3.09. The zero-order valence-electron chi connectivity index (χ0n) is 13.9. The monoisotopic (exact) mass is 336 g/mol. The van der Waals surface area contributed by atoms with E-state index in [1.807, 2.05) is 35.2 Å². The maximum absolute atomic E-state index is 12.9. The average molecular weight is 336 g/mol. The van der Waals surface area contributed by atoms with E-state index in [2.05, 4.69) is 10.3 Å². The van der Waals surface area contributed by atoms with Gasteiger partial charge in [0.15, 0.2) is 0 Å². The lowest BCUT2D eigenvalue weighted by molar-refractivity contribution is 0.0728. The highest BCUT2D eigenvalue weighted by molar-refractivity contribution is 5.97. The van der Waals surface area contributed by atoms with Gasteiger partial charge in [0, 0.05) is 36.6 Å². The Morgan fingerprint density at radius 3 is 2.60 bits per heavy atom. The first-order valence-electron chi connectivity index (χ1n) is 8.59. The van der Waals surface area contributed by atoms with Crippen molar-refractivity contribution in [3.63, 3.8) is 0 Å². The molecule has 6 nitrogen and oxygen atoms in total. The summed E-state index contributed by atoms with van der Waals surface area (Å²) in [6.45, 7) is 1.83. The molecule has 1 saturated heterocycles. The van der Waals surface area contributed by atoms with Gasteiger partial charge in [-0.3, -0.25) is 14.7 Å². The van der Waals surface area contributed by atoms with Crippen molar-refractivity contribution in [2.45, 2.75) is 25.4 Å². The largest absolute Gasteiger partial charge is 0.336 e. The highest BCUT2D eigenvalue weighted by atomic mass is 16.2. The maximum atomic E-state index is 12.9. The highest BCUT2D eigenvalue weighted by Crippen LogP contribution is 2.30. The molecule has 1 N–H and O–H groups in total. The van der Waals surface area contributed by atoms with E-state index in [9.17, 15) is 9.59 Å². The normalized spacial score (nSPS) is 16.6. The molecule has 1 aliphatic carbocycles. The van der Waals surface area contributed by atoms with Gasteiger partial charge in [-0.2, -0.15) is 0 Å². The summed E-state index contributed by atoms with van der Waals surface area (Å²) in [5.74, 6) is 0.0191. The molecule has 6 heteroatoms. The van der Waals surface area contributed by atoms with E-state index in [0.717, 1.165) is 24.2 Å². The number of amides is 3. The van der Waals surface area contributed by atoms with Crippen molar-refractivity contribution in [3.8, 4) is 0 Å². The van der Waals surface area contributed by atoms with Crippen LogP contribution in [0.25, 0.3) is 0 Å². The minimum Gasteiger partial charge on any atom is -0.336 e. The molecule has 1 aromatic heterocycles. The number of aromatic nitrogens is 1. The second-order valence-electron chi connectivity index (χ2n) is 6.42. The van der Waals surface area contributed by atoms with Gasteiger partial charge in [0.25, 0.3) is 5.91 Å². The van der Waals surface area contributed by atoms with E-state index < -0.39 is 0 Å². The van der Waals surface area contributed by atoms with Crippen molar-refractivity contribution >= 4 is 17.6 Å². The Hall–Kier alpha value is -2.89. The Kier molecular flexibility index (Phi) is 4.09. The summed E-state index contributed by atoms with van der Waals surface area (Å²) in [5.41, 5.74) is 2.36. The minimum absolute atomic E-state index is 0.0191. The van der Waals surface area contributed by atoms with Crippen LogP contribution in [0.1, 0.15) is 28.9 Å². The summed E-state index contributed by atoms with van der Waals surface area (Å²) in [4.78, 5) is 32.6. The summed E-state index contributed by atoms with van der Waals surface area (Å²) in [5, 5.41) is 2.78. The van der Waals surface area contributed by atoms with E-state index >= 15 is 0 Å². The van der Waals surface area contributed by atoms with Crippen LogP contribution in [-0.4, -0.2) is 41.0 Å². The lowest BCUT2D eigenvalue weighted by atomic mass is 10.1. The van der Waals surface area contributed by atoms with Crippen molar-refractivity contribution in [2.75, 3.05) is 18.0 Å². The van der Waals surface area contributed by atoms with Crippen molar-refractivity contribution in [3.05, 3.63) is 59.9 Å². The van der Waals surface area contributed by atoms with Crippen LogP contribution >= 0.6 is 0 Å². The molecule has 2 fully saturated rings. The number of nitrogens with one attached hydrogen (secondary N) is 1. The van der Waals surface area contributed by atoms with Crippen molar-refractivity contribution in [1.82, 2.24) is 15.2 Å². The topological polar surface area (TPSA) is 65.5 Å². The Balaban J connectivity index is 1.51. The molecule has 0 spiro atoms.